The lowest BCUT2D eigenvalue weighted by Crippen LogP contribution is -2.03. The molecule has 0 fully saturated rings. The minimum absolute atomic E-state index is 0.271. The first-order valence-electron chi connectivity index (χ1n) is 6.47. The number of nitrogen functional groups attached to an aromatic ring is 1. The highest BCUT2D eigenvalue weighted by Gasteiger charge is 2.16. The Hall–Kier alpha value is -2.50. The van der Waals surface area contributed by atoms with Crippen molar-refractivity contribution in [2.75, 3.05) is 12.8 Å². The molecule has 0 saturated carbocycles. The van der Waals surface area contributed by atoms with Crippen molar-refractivity contribution >= 4 is 16.9 Å². The van der Waals surface area contributed by atoms with Gasteiger partial charge < -0.3 is 15.0 Å². The summed E-state index contributed by atoms with van der Waals surface area (Å²) < 4.78 is 7.41. The first kappa shape index (κ1) is 12.5. The highest BCUT2D eigenvalue weighted by molar-refractivity contribution is 5.82. The average Bonchev–Trinajstić information content (AvgIpc) is 3.00. The Morgan fingerprint density at radius 3 is 2.70 bits per heavy atom. The van der Waals surface area contributed by atoms with E-state index in [0.717, 1.165) is 28.3 Å². The highest BCUT2D eigenvalue weighted by Crippen LogP contribution is 2.29. The number of fused-ring (bicyclic) bond motifs is 1. The molecule has 104 valence electrons. The summed E-state index contributed by atoms with van der Waals surface area (Å²) in [6.45, 7) is 4.24. The number of methoxy groups -OCH3 is 1. The predicted molar refractivity (Wildman–Crippen MR) is 78.7 cm³/mol. The lowest BCUT2D eigenvalue weighted by molar-refractivity contribution is 0.415. The number of ether oxygens (including phenoxy) is 1. The molecule has 0 amide bonds. The SMILES string of the molecule is COc1ccc2c(c1)nc(-c1cc(N)n[nH]1)n2C(C)C. The van der Waals surface area contributed by atoms with E-state index in [-0.39, 0.29) is 6.04 Å². The van der Waals surface area contributed by atoms with Crippen molar-refractivity contribution in [3.63, 3.8) is 0 Å². The fourth-order valence-electron chi connectivity index (χ4n) is 2.37. The fourth-order valence-corrected chi connectivity index (χ4v) is 2.37. The maximum atomic E-state index is 5.68. The average molecular weight is 271 g/mol. The molecule has 2 heterocycles. The van der Waals surface area contributed by atoms with Crippen LogP contribution in [0.3, 0.4) is 0 Å². The first-order chi connectivity index (χ1) is 9.60. The number of hydrogen-bond donors (Lipinski definition) is 2. The molecule has 20 heavy (non-hydrogen) atoms. The van der Waals surface area contributed by atoms with Crippen LogP contribution in [-0.4, -0.2) is 26.9 Å². The van der Waals surface area contributed by atoms with Crippen LogP contribution in [0.4, 0.5) is 5.82 Å². The number of H-pyrrole nitrogens is 1. The van der Waals surface area contributed by atoms with Crippen LogP contribution in [0.25, 0.3) is 22.6 Å². The molecule has 3 rings (SSSR count). The van der Waals surface area contributed by atoms with Crippen molar-refractivity contribution in [2.45, 2.75) is 19.9 Å². The molecule has 6 heteroatoms. The number of nitrogens with one attached hydrogen (secondary N) is 1. The third kappa shape index (κ3) is 1.89. The summed E-state index contributed by atoms with van der Waals surface area (Å²) in [7, 11) is 1.65. The third-order valence-electron chi connectivity index (χ3n) is 3.25. The van der Waals surface area contributed by atoms with Gasteiger partial charge in [-0.3, -0.25) is 5.10 Å². The van der Waals surface area contributed by atoms with Crippen molar-refractivity contribution < 1.29 is 4.74 Å². The summed E-state index contributed by atoms with van der Waals surface area (Å²) in [6.07, 6.45) is 0. The van der Waals surface area contributed by atoms with E-state index in [1.165, 1.54) is 0 Å². The van der Waals surface area contributed by atoms with Crippen LogP contribution in [0.1, 0.15) is 19.9 Å². The van der Waals surface area contributed by atoms with Crippen molar-refractivity contribution in [1.29, 1.82) is 0 Å². The topological polar surface area (TPSA) is 81.8 Å². The van der Waals surface area contributed by atoms with E-state index < -0.39 is 0 Å². The van der Waals surface area contributed by atoms with Crippen LogP contribution < -0.4 is 10.5 Å². The number of benzene rings is 1. The summed E-state index contributed by atoms with van der Waals surface area (Å²) in [5, 5.41) is 6.89. The molecule has 0 saturated heterocycles. The Morgan fingerprint density at radius 2 is 2.10 bits per heavy atom. The van der Waals surface area contributed by atoms with Gasteiger partial charge in [0.1, 0.15) is 17.3 Å². The Bertz CT molecular complexity index is 756. The Balaban J connectivity index is 2.27. The molecule has 0 atom stereocenters. The van der Waals surface area contributed by atoms with E-state index in [1.807, 2.05) is 18.2 Å². The van der Waals surface area contributed by atoms with Gasteiger partial charge in [-0.15, -0.1) is 0 Å². The van der Waals surface area contributed by atoms with Crippen LogP contribution >= 0.6 is 0 Å². The molecule has 0 aliphatic carbocycles. The third-order valence-corrected chi connectivity index (χ3v) is 3.25. The van der Waals surface area contributed by atoms with Gasteiger partial charge in [0.2, 0.25) is 0 Å². The zero-order chi connectivity index (χ0) is 14.3. The second kappa shape index (κ2) is 4.56. The van der Waals surface area contributed by atoms with Crippen molar-refractivity contribution in [3.05, 3.63) is 24.3 Å². The van der Waals surface area contributed by atoms with Gasteiger partial charge in [0, 0.05) is 18.2 Å². The molecule has 0 unspecified atom stereocenters. The maximum absolute atomic E-state index is 5.68. The Kier molecular flexibility index (Phi) is 2.85. The lowest BCUT2D eigenvalue weighted by atomic mass is 10.2. The van der Waals surface area contributed by atoms with E-state index >= 15 is 0 Å². The van der Waals surface area contributed by atoms with E-state index in [9.17, 15) is 0 Å². The summed E-state index contributed by atoms with van der Waals surface area (Å²) in [5.41, 5.74) is 8.44. The minimum atomic E-state index is 0.271. The van der Waals surface area contributed by atoms with Crippen LogP contribution in [0.2, 0.25) is 0 Å². The molecule has 0 spiro atoms. The summed E-state index contributed by atoms with van der Waals surface area (Å²) in [4.78, 5) is 4.68. The van der Waals surface area contributed by atoms with Crippen LogP contribution in [0.5, 0.6) is 5.75 Å². The molecule has 0 radical (unpaired) electrons. The number of rotatable bonds is 3. The fraction of sp³-hybridized carbons (Fsp3) is 0.286. The maximum Gasteiger partial charge on any atom is 0.159 e. The van der Waals surface area contributed by atoms with Crippen LogP contribution in [0.15, 0.2) is 24.3 Å². The Labute approximate surface area is 116 Å². The second-order valence-corrected chi connectivity index (χ2v) is 4.96. The normalized spacial score (nSPS) is 11.4. The number of anilines is 1. The highest BCUT2D eigenvalue weighted by atomic mass is 16.5. The van der Waals surface area contributed by atoms with E-state index in [2.05, 4.69) is 33.6 Å². The van der Waals surface area contributed by atoms with Crippen molar-refractivity contribution in [2.24, 2.45) is 0 Å². The van der Waals surface area contributed by atoms with E-state index in [0.29, 0.717) is 5.82 Å². The van der Waals surface area contributed by atoms with E-state index in [1.54, 1.807) is 13.2 Å². The van der Waals surface area contributed by atoms with Gasteiger partial charge in [0.25, 0.3) is 0 Å². The Morgan fingerprint density at radius 1 is 1.30 bits per heavy atom. The molecular weight excluding hydrogens is 254 g/mol. The molecule has 6 nitrogen and oxygen atoms in total. The monoisotopic (exact) mass is 271 g/mol. The van der Waals surface area contributed by atoms with Crippen molar-refractivity contribution in [3.8, 4) is 17.3 Å². The number of aromatic amines is 1. The zero-order valence-corrected chi connectivity index (χ0v) is 11.7. The summed E-state index contributed by atoms with van der Waals surface area (Å²) in [6, 6.07) is 7.94. The first-order valence-corrected chi connectivity index (χ1v) is 6.47. The van der Waals surface area contributed by atoms with Gasteiger partial charge >= 0.3 is 0 Å². The summed E-state index contributed by atoms with van der Waals surface area (Å²) >= 11 is 0. The quantitative estimate of drug-likeness (QED) is 0.767. The molecular formula is C14H17N5O. The van der Waals surface area contributed by atoms with Gasteiger partial charge in [-0.05, 0) is 26.0 Å². The van der Waals surface area contributed by atoms with Crippen LogP contribution in [-0.2, 0) is 0 Å². The molecule has 0 bridgehead atoms. The number of imidazole rings is 1. The van der Waals surface area contributed by atoms with E-state index in [4.69, 9.17) is 10.5 Å². The van der Waals surface area contributed by atoms with Gasteiger partial charge in [-0.1, -0.05) is 0 Å². The van der Waals surface area contributed by atoms with Gasteiger partial charge in [-0.2, -0.15) is 5.10 Å². The molecule has 0 aliphatic heterocycles. The molecule has 0 aliphatic rings. The summed E-state index contributed by atoms with van der Waals surface area (Å²) in [5.74, 6) is 2.08. The number of hydrogen-bond acceptors (Lipinski definition) is 4. The van der Waals surface area contributed by atoms with Crippen LogP contribution in [0, 0.1) is 0 Å². The molecule has 3 aromatic rings. The van der Waals surface area contributed by atoms with Gasteiger partial charge in [0.05, 0.1) is 18.1 Å². The zero-order valence-electron chi connectivity index (χ0n) is 11.7. The standard InChI is InChI=1S/C14H17N5O/c1-8(2)19-12-5-4-9(20-3)6-10(12)16-14(19)11-7-13(15)18-17-11/h4-8H,1-3H3,(H3,15,17,18). The smallest absolute Gasteiger partial charge is 0.159 e. The number of aromatic nitrogens is 4. The number of nitrogens with zero attached hydrogens (tertiary/aromatic N) is 3. The lowest BCUT2D eigenvalue weighted by Gasteiger charge is -2.12. The second-order valence-electron chi connectivity index (χ2n) is 4.96. The molecule has 2 aromatic heterocycles. The minimum Gasteiger partial charge on any atom is -0.497 e. The molecule has 3 N–H and O–H groups in total. The largest absolute Gasteiger partial charge is 0.497 e. The predicted octanol–water partition coefficient (Wildman–Crippen LogP) is 2.60. The van der Waals surface area contributed by atoms with Gasteiger partial charge in [-0.25, -0.2) is 4.98 Å². The van der Waals surface area contributed by atoms with Crippen molar-refractivity contribution in [1.82, 2.24) is 19.7 Å². The number of nitrogens with two attached hydrogens (primary N) is 1. The molecule has 1 aromatic carbocycles. The van der Waals surface area contributed by atoms with Gasteiger partial charge in [0.15, 0.2) is 5.82 Å².